The molecular weight excluding hydrogens is 286 g/mol. The maximum atomic E-state index is 12.4. The summed E-state index contributed by atoms with van der Waals surface area (Å²) in [6.07, 6.45) is 0. The average Bonchev–Trinajstić information content (AvgIpc) is 2.70. The predicted molar refractivity (Wildman–Crippen MR) is 81.6 cm³/mol. The van der Waals surface area contributed by atoms with Crippen molar-refractivity contribution in [3.05, 3.63) is 65.7 Å². The number of hydrogen-bond acceptors (Lipinski definition) is 3. The van der Waals surface area contributed by atoms with Crippen LogP contribution in [-0.2, 0) is 14.6 Å². The molecule has 2 aromatic rings. The molecule has 1 saturated heterocycles. The summed E-state index contributed by atoms with van der Waals surface area (Å²) in [7, 11) is -3.52. The molecule has 4 nitrogen and oxygen atoms in total. The monoisotopic (exact) mass is 301 g/mol. The molecule has 0 aliphatic carbocycles. The van der Waals surface area contributed by atoms with Gasteiger partial charge in [0.1, 0.15) is 5.75 Å². The molecule has 0 radical (unpaired) electrons. The molecule has 21 heavy (non-hydrogen) atoms. The summed E-state index contributed by atoms with van der Waals surface area (Å²) in [5.41, 5.74) is 2.27. The van der Waals surface area contributed by atoms with Crippen LogP contribution in [0.4, 0.5) is 5.69 Å². The molecule has 1 heterocycles. The molecule has 0 spiro atoms. The largest absolute Gasteiger partial charge is 0.290 e. The van der Waals surface area contributed by atoms with Gasteiger partial charge in [0, 0.05) is 5.69 Å². The lowest BCUT2D eigenvalue weighted by Gasteiger charge is -2.23. The van der Waals surface area contributed by atoms with Crippen molar-refractivity contribution < 1.29 is 13.2 Å². The number of amides is 1. The number of hydrogen-bond donors (Lipinski definition) is 0. The Morgan fingerprint density at radius 1 is 1.00 bits per heavy atom. The van der Waals surface area contributed by atoms with Gasteiger partial charge in [-0.25, -0.2) is 8.42 Å². The quantitative estimate of drug-likeness (QED) is 0.856. The third-order valence-electron chi connectivity index (χ3n) is 3.56. The highest BCUT2D eigenvalue weighted by Crippen LogP contribution is 2.37. The molecule has 0 N–H and O–H groups in total. The van der Waals surface area contributed by atoms with Crippen LogP contribution in [0.1, 0.15) is 16.5 Å². The van der Waals surface area contributed by atoms with E-state index >= 15 is 0 Å². The van der Waals surface area contributed by atoms with Crippen LogP contribution in [0, 0.1) is 6.92 Å². The number of sulfone groups is 1. The minimum Gasteiger partial charge on any atom is -0.290 e. The molecule has 0 aromatic heterocycles. The van der Waals surface area contributed by atoms with Crippen LogP contribution >= 0.6 is 0 Å². The second-order valence-corrected chi connectivity index (χ2v) is 7.23. The van der Waals surface area contributed by atoms with Crippen molar-refractivity contribution in [2.75, 3.05) is 10.7 Å². The fourth-order valence-corrected chi connectivity index (χ4v) is 4.34. The molecule has 1 atom stereocenters. The Kier molecular flexibility index (Phi) is 3.29. The smallest absolute Gasteiger partial charge is 0.243 e. The minimum atomic E-state index is -3.52. The number of rotatable bonds is 2. The number of carbonyl (C=O) groups excluding carboxylic acids is 1. The summed E-state index contributed by atoms with van der Waals surface area (Å²) in [5.74, 6) is -0.827. The molecule has 1 unspecified atom stereocenters. The standard InChI is InChI=1S/C16H15NO3S/c1-12-7-9-13(10-8-12)16-17(14-5-3-2-4-6-14)15(18)11-21(16,19)20/h2-10,16H,11H2,1H3. The zero-order valence-corrected chi connectivity index (χ0v) is 12.4. The van der Waals surface area contributed by atoms with Crippen molar-refractivity contribution in [3.63, 3.8) is 0 Å². The van der Waals surface area contributed by atoms with E-state index in [0.29, 0.717) is 11.3 Å². The van der Waals surface area contributed by atoms with Crippen molar-refractivity contribution in [1.82, 2.24) is 0 Å². The van der Waals surface area contributed by atoms with E-state index in [1.165, 1.54) is 4.90 Å². The van der Waals surface area contributed by atoms with Crippen molar-refractivity contribution in [2.24, 2.45) is 0 Å². The molecule has 2 aromatic carbocycles. The third-order valence-corrected chi connectivity index (χ3v) is 5.38. The van der Waals surface area contributed by atoms with Gasteiger partial charge in [0.25, 0.3) is 0 Å². The van der Waals surface area contributed by atoms with E-state index in [2.05, 4.69) is 0 Å². The Morgan fingerprint density at radius 2 is 1.62 bits per heavy atom. The second-order valence-electron chi connectivity index (χ2n) is 5.17. The Morgan fingerprint density at radius 3 is 2.24 bits per heavy atom. The fourth-order valence-electron chi connectivity index (χ4n) is 2.57. The predicted octanol–water partition coefficient (Wildman–Crippen LogP) is 2.46. The second kappa shape index (κ2) is 5.00. The summed E-state index contributed by atoms with van der Waals surface area (Å²) < 4.78 is 24.8. The summed E-state index contributed by atoms with van der Waals surface area (Å²) >= 11 is 0. The molecule has 5 heteroatoms. The van der Waals surface area contributed by atoms with Gasteiger partial charge >= 0.3 is 0 Å². The topological polar surface area (TPSA) is 54.5 Å². The van der Waals surface area contributed by atoms with Crippen molar-refractivity contribution in [1.29, 1.82) is 0 Å². The lowest BCUT2D eigenvalue weighted by atomic mass is 10.1. The number of carbonyl (C=O) groups is 1. The van der Waals surface area contributed by atoms with Gasteiger partial charge in [-0.2, -0.15) is 0 Å². The maximum Gasteiger partial charge on any atom is 0.243 e. The van der Waals surface area contributed by atoms with Gasteiger partial charge in [0.05, 0.1) is 0 Å². The molecule has 108 valence electrons. The molecular formula is C16H15NO3S. The lowest BCUT2D eigenvalue weighted by Crippen LogP contribution is -2.29. The molecule has 1 fully saturated rings. The van der Waals surface area contributed by atoms with Crippen molar-refractivity contribution >= 4 is 21.4 Å². The Balaban J connectivity index is 2.13. The van der Waals surface area contributed by atoms with Gasteiger partial charge < -0.3 is 0 Å². The molecule has 0 saturated carbocycles. The first-order valence-corrected chi connectivity index (χ1v) is 8.36. The van der Waals surface area contributed by atoms with Gasteiger partial charge in [0.2, 0.25) is 5.91 Å². The highest BCUT2D eigenvalue weighted by Gasteiger charge is 2.45. The highest BCUT2D eigenvalue weighted by atomic mass is 32.2. The summed E-state index contributed by atoms with van der Waals surface area (Å²) in [4.78, 5) is 13.6. The summed E-state index contributed by atoms with van der Waals surface area (Å²) in [5, 5.41) is -0.937. The highest BCUT2D eigenvalue weighted by molar-refractivity contribution is 7.93. The van der Waals surface area contributed by atoms with Crippen LogP contribution < -0.4 is 4.90 Å². The number of aryl methyl sites for hydroxylation is 1. The van der Waals surface area contributed by atoms with E-state index in [0.717, 1.165) is 5.56 Å². The molecule has 1 aliphatic rings. The zero-order chi connectivity index (χ0) is 15.0. The molecule has 1 amide bonds. The Labute approximate surface area is 123 Å². The van der Waals surface area contributed by atoms with Gasteiger partial charge in [-0.1, -0.05) is 48.0 Å². The van der Waals surface area contributed by atoms with E-state index in [9.17, 15) is 13.2 Å². The Hall–Kier alpha value is -2.14. The van der Waals surface area contributed by atoms with E-state index in [4.69, 9.17) is 0 Å². The average molecular weight is 301 g/mol. The maximum absolute atomic E-state index is 12.4. The number of nitrogens with zero attached hydrogens (tertiary/aromatic N) is 1. The van der Waals surface area contributed by atoms with Crippen LogP contribution in [0.2, 0.25) is 0 Å². The van der Waals surface area contributed by atoms with Crippen molar-refractivity contribution in [2.45, 2.75) is 12.3 Å². The fraction of sp³-hybridized carbons (Fsp3) is 0.188. The molecule has 0 bridgehead atoms. The van der Waals surface area contributed by atoms with Crippen LogP contribution in [0.25, 0.3) is 0 Å². The summed E-state index contributed by atoms with van der Waals surface area (Å²) in [6.45, 7) is 1.94. The van der Waals surface area contributed by atoms with Crippen LogP contribution in [0.5, 0.6) is 0 Å². The molecule has 1 aliphatic heterocycles. The third kappa shape index (κ3) is 2.45. The SMILES string of the molecule is Cc1ccc(C2N(c3ccccc3)C(=O)CS2(=O)=O)cc1. The summed E-state index contributed by atoms with van der Waals surface area (Å²) in [6, 6.07) is 16.2. The number of para-hydroxylation sites is 1. The molecule has 3 rings (SSSR count). The Bertz CT molecular complexity index is 767. The number of anilines is 1. The van der Waals surface area contributed by atoms with Crippen LogP contribution in [0.15, 0.2) is 54.6 Å². The van der Waals surface area contributed by atoms with E-state index in [1.807, 2.05) is 25.1 Å². The first-order chi connectivity index (χ1) is 9.99. The normalized spacial score (nSPS) is 20.7. The van der Waals surface area contributed by atoms with Crippen molar-refractivity contribution in [3.8, 4) is 0 Å². The number of benzene rings is 2. The van der Waals surface area contributed by atoms with E-state index < -0.39 is 21.0 Å². The van der Waals surface area contributed by atoms with Gasteiger partial charge in [0.15, 0.2) is 15.2 Å². The first kappa shape index (κ1) is 13.8. The van der Waals surface area contributed by atoms with E-state index in [-0.39, 0.29) is 5.91 Å². The van der Waals surface area contributed by atoms with E-state index in [1.54, 1.807) is 36.4 Å². The zero-order valence-electron chi connectivity index (χ0n) is 11.6. The minimum absolute atomic E-state index is 0.383. The van der Waals surface area contributed by atoms with Crippen LogP contribution in [0.3, 0.4) is 0 Å². The van der Waals surface area contributed by atoms with Gasteiger partial charge in [-0.05, 0) is 24.6 Å². The first-order valence-electron chi connectivity index (χ1n) is 6.64. The van der Waals surface area contributed by atoms with Gasteiger partial charge in [-0.3, -0.25) is 9.69 Å². The van der Waals surface area contributed by atoms with Gasteiger partial charge in [-0.15, -0.1) is 0 Å². The lowest BCUT2D eigenvalue weighted by molar-refractivity contribution is -0.115. The van der Waals surface area contributed by atoms with Crippen LogP contribution in [-0.4, -0.2) is 20.1 Å².